The van der Waals surface area contributed by atoms with Crippen molar-refractivity contribution in [1.29, 1.82) is 0 Å². The molecule has 296 valence electrons. The topological polar surface area (TPSA) is 133 Å². The van der Waals surface area contributed by atoms with Crippen molar-refractivity contribution >= 4 is 46.8 Å². The van der Waals surface area contributed by atoms with Crippen LogP contribution in [0.2, 0.25) is 5.02 Å². The number of carbonyl (C=O) groups is 5. The fraction of sp³-hybridized carbons (Fsp3) is 0.581. The van der Waals surface area contributed by atoms with E-state index in [2.05, 4.69) is 53.0 Å². The van der Waals surface area contributed by atoms with Gasteiger partial charge in [0, 0.05) is 68.0 Å². The minimum atomic E-state index is -0.965. The lowest BCUT2D eigenvalue weighted by Crippen LogP contribution is -2.75. The van der Waals surface area contributed by atoms with Crippen LogP contribution in [0, 0.1) is 29.2 Å². The van der Waals surface area contributed by atoms with Gasteiger partial charge in [-0.25, -0.2) is 4.85 Å². The summed E-state index contributed by atoms with van der Waals surface area (Å²) in [5.74, 6) is -0.425. The highest BCUT2D eigenvalue weighted by Crippen LogP contribution is 2.56. The van der Waals surface area contributed by atoms with E-state index in [1.54, 1.807) is 12.1 Å². The Morgan fingerprint density at radius 2 is 1.54 bits per heavy atom. The molecular formula is C43H51ClN6O6. The van der Waals surface area contributed by atoms with Gasteiger partial charge in [0.2, 0.25) is 23.4 Å². The smallest absolute Gasteiger partial charge is 0.262 e. The molecule has 4 heterocycles. The maximum absolute atomic E-state index is 13.7. The number of benzene rings is 2. The minimum Gasteiger partial charge on any atom is -0.489 e. The van der Waals surface area contributed by atoms with Crippen molar-refractivity contribution in [2.45, 2.75) is 116 Å². The van der Waals surface area contributed by atoms with Crippen LogP contribution < -0.4 is 15.4 Å². The monoisotopic (exact) mass is 782 g/mol. The lowest BCUT2D eigenvalue weighted by atomic mass is 9.49. The van der Waals surface area contributed by atoms with E-state index in [0.29, 0.717) is 58.5 Å². The molecule has 12 nitrogen and oxygen atoms in total. The largest absolute Gasteiger partial charge is 0.489 e. The molecule has 0 aromatic heterocycles. The number of nitrogens with one attached hydrogen (secondary N) is 2. The number of ether oxygens (including phenoxy) is 1. The summed E-state index contributed by atoms with van der Waals surface area (Å²) >= 11 is 6.29. The molecule has 2 N–H and O–H groups in total. The van der Waals surface area contributed by atoms with Gasteiger partial charge in [-0.3, -0.25) is 39.1 Å². The first kappa shape index (κ1) is 38.6. The molecule has 4 fully saturated rings. The van der Waals surface area contributed by atoms with Crippen molar-refractivity contribution in [3.8, 4) is 5.75 Å². The van der Waals surface area contributed by atoms with Crippen molar-refractivity contribution in [3.63, 3.8) is 0 Å². The van der Waals surface area contributed by atoms with Gasteiger partial charge in [0.15, 0.2) is 0 Å². The normalized spacial score (nSPS) is 28.7. The Morgan fingerprint density at radius 1 is 0.911 bits per heavy atom. The van der Waals surface area contributed by atoms with Crippen LogP contribution in [-0.2, 0) is 27.5 Å². The number of fused-ring (bicyclic) bond motifs is 2. The number of amides is 5. The fourth-order valence-corrected chi connectivity index (χ4v) is 11.1. The molecule has 4 aliphatic heterocycles. The third kappa shape index (κ3) is 6.79. The average Bonchev–Trinajstić information content (AvgIpc) is 3.67. The van der Waals surface area contributed by atoms with E-state index in [1.165, 1.54) is 0 Å². The molecular weight excluding hydrogens is 732 g/mol. The molecule has 2 aromatic rings. The molecule has 56 heavy (non-hydrogen) atoms. The molecule has 0 radical (unpaired) electrons. The zero-order valence-electron chi connectivity index (χ0n) is 32.7. The maximum atomic E-state index is 13.7. The average molecular weight is 783 g/mol. The summed E-state index contributed by atoms with van der Waals surface area (Å²) in [6, 6.07) is 8.54. The first-order valence-electron chi connectivity index (χ1n) is 20.1. The van der Waals surface area contributed by atoms with Crippen molar-refractivity contribution in [2.75, 3.05) is 19.6 Å². The van der Waals surface area contributed by atoms with Crippen molar-refractivity contribution in [3.05, 3.63) is 69.0 Å². The number of hydrogen-bond acceptors (Lipinski definition) is 8. The van der Waals surface area contributed by atoms with Crippen LogP contribution in [0.25, 0.3) is 4.85 Å². The molecule has 1 atom stereocenters. The molecule has 2 saturated carbocycles. The highest BCUT2D eigenvalue weighted by atomic mass is 35.5. The highest BCUT2D eigenvalue weighted by molar-refractivity contribution is 6.33. The van der Waals surface area contributed by atoms with Crippen molar-refractivity contribution < 1.29 is 28.7 Å². The Bertz CT molecular complexity index is 1970. The fourth-order valence-electron chi connectivity index (χ4n) is 10.9. The summed E-state index contributed by atoms with van der Waals surface area (Å²) in [7, 11) is 0. The summed E-state index contributed by atoms with van der Waals surface area (Å²) < 4.78 is 6.48. The third-order valence-electron chi connectivity index (χ3n) is 13.6. The quantitative estimate of drug-likeness (QED) is 0.251. The number of carbonyl (C=O) groups excluding carboxylic acids is 5. The number of hydrogen-bond donors (Lipinski definition) is 2. The van der Waals surface area contributed by atoms with Gasteiger partial charge in [-0.05, 0) is 86.3 Å². The number of nitrogens with zero attached hydrogens (tertiary/aromatic N) is 4. The Kier molecular flexibility index (Phi) is 10.0. The summed E-state index contributed by atoms with van der Waals surface area (Å²) in [4.78, 5) is 73.3. The number of piperidine rings is 2. The third-order valence-corrected chi connectivity index (χ3v) is 13.9. The lowest BCUT2D eigenvalue weighted by Gasteiger charge is -2.64. The molecule has 0 spiro atoms. The van der Waals surface area contributed by atoms with Gasteiger partial charge < -0.3 is 15.0 Å². The van der Waals surface area contributed by atoms with Gasteiger partial charge in [0.25, 0.3) is 11.8 Å². The van der Waals surface area contributed by atoms with E-state index in [0.717, 1.165) is 74.2 Å². The minimum absolute atomic E-state index is 0.0268. The van der Waals surface area contributed by atoms with Crippen molar-refractivity contribution in [2.24, 2.45) is 22.7 Å². The summed E-state index contributed by atoms with van der Waals surface area (Å²) in [5.41, 5.74) is 2.90. The molecule has 5 amide bonds. The van der Waals surface area contributed by atoms with Crippen molar-refractivity contribution in [1.82, 2.24) is 25.3 Å². The second kappa shape index (κ2) is 14.6. The summed E-state index contributed by atoms with van der Waals surface area (Å²) in [6.45, 7) is 20.0. The predicted molar refractivity (Wildman–Crippen MR) is 209 cm³/mol. The Balaban J connectivity index is 0.782. The van der Waals surface area contributed by atoms with Crippen LogP contribution in [0.4, 0.5) is 5.69 Å². The van der Waals surface area contributed by atoms with Gasteiger partial charge in [0.1, 0.15) is 17.9 Å². The Hall–Kier alpha value is -4.31. The van der Waals surface area contributed by atoms with E-state index in [9.17, 15) is 24.0 Å². The molecule has 2 aliphatic carbocycles. The number of imide groups is 2. The maximum Gasteiger partial charge on any atom is 0.262 e. The summed E-state index contributed by atoms with van der Waals surface area (Å²) in [6.07, 6.45) is 5.84. The molecule has 13 heteroatoms. The van der Waals surface area contributed by atoms with E-state index >= 15 is 0 Å². The predicted octanol–water partition coefficient (Wildman–Crippen LogP) is 5.88. The van der Waals surface area contributed by atoms with Gasteiger partial charge in [0.05, 0.1) is 22.7 Å². The SMILES string of the molecule is [C-]#[N+]c1ccc(OC2C(C)(C)C(NC3CCC(C(=O)N4CCC(CN5Cc6cc7c(cc6C5)C(=O)N(C5CCC(=O)NC5=O)C7=O)CC4)CC3)C2(C)C)cc1Cl. The van der Waals surface area contributed by atoms with E-state index < -0.39 is 23.8 Å². The highest BCUT2D eigenvalue weighted by Gasteiger charge is 2.63. The van der Waals surface area contributed by atoms with Crippen LogP contribution in [0.5, 0.6) is 5.75 Å². The molecule has 1 unspecified atom stereocenters. The zero-order chi connectivity index (χ0) is 39.7. The van der Waals surface area contributed by atoms with Crippen LogP contribution in [0.1, 0.15) is 111 Å². The molecule has 0 bridgehead atoms. The number of rotatable bonds is 8. The Morgan fingerprint density at radius 3 is 2.11 bits per heavy atom. The molecule has 6 aliphatic rings. The standard InChI is InChI=1S/C43H51ClN6O6/c1-42(2)40(43(3,4)41(42)56-29-10-11-33(45-5)32(44)20-29)46-28-8-6-25(7-9-28)37(53)49-16-14-24(15-17-49)21-48-22-26-18-30-31(19-27(26)23-48)39(55)50(38(30)54)34-12-13-35(51)47-36(34)52/h10-11,18-20,24-25,28,34,40-41,46H,6-9,12-17,21-23H2,1-4H3,(H,47,51,52). The number of halogens is 1. The second-order valence-corrected chi connectivity index (χ2v) is 18.5. The molecule has 2 aromatic carbocycles. The zero-order valence-corrected chi connectivity index (χ0v) is 33.4. The van der Waals surface area contributed by atoms with Gasteiger partial charge in [-0.2, -0.15) is 0 Å². The number of likely N-dealkylation sites (tertiary alicyclic amines) is 1. The lowest BCUT2D eigenvalue weighted by molar-refractivity contribution is -0.172. The van der Waals surface area contributed by atoms with E-state index in [4.69, 9.17) is 22.9 Å². The van der Waals surface area contributed by atoms with Crippen LogP contribution in [0.3, 0.4) is 0 Å². The van der Waals surface area contributed by atoms with Crippen LogP contribution in [0.15, 0.2) is 30.3 Å². The summed E-state index contributed by atoms with van der Waals surface area (Å²) in [5, 5.41) is 6.62. The van der Waals surface area contributed by atoms with Gasteiger partial charge in [-0.15, -0.1) is 0 Å². The molecule has 8 rings (SSSR count). The first-order chi connectivity index (χ1) is 26.6. The van der Waals surface area contributed by atoms with E-state index in [-0.39, 0.29) is 47.6 Å². The van der Waals surface area contributed by atoms with Gasteiger partial charge in [-0.1, -0.05) is 45.4 Å². The van der Waals surface area contributed by atoms with E-state index in [1.807, 2.05) is 18.2 Å². The Labute approximate surface area is 333 Å². The van der Waals surface area contributed by atoms with Crippen LogP contribution in [-0.4, -0.2) is 88.1 Å². The first-order valence-corrected chi connectivity index (χ1v) is 20.5. The van der Waals surface area contributed by atoms with Crippen LogP contribution >= 0.6 is 11.6 Å². The second-order valence-electron chi connectivity index (χ2n) is 18.1. The van der Waals surface area contributed by atoms with Gasteiger partial charge >= 0.3 is 0 Å². The molecule has 2 saturated heterocycles.